The summed E-state index contributed by atoms with van der Waals surface area (Å²) in [6.07, 6.45) is -1.08. The monoisotopic (exact) mass is 458 g/mol. The van der Waals surface area contributed by atoms with E-state index >= 15 is 0 Å². The molecule has 0 spiro atoms. The summed E-state index contributed by atoms with van der Waals surface area (Å²) in [7, 11) is 0. The molecule has 0 fully saturated rings. The molecule has 0 bridgehead atoms. The van der Waals surface area contributed by atoms with Crippen molar-refractivity contribution in [2.75, 3.05) is 4.90 Å². The van der Waals surface area contributed by atoms with Crippen LogP contribution >= 0.6 is 23.4 Å². The van der Waals surface area contributed by atoms with Gasteiger partial charge in [-0.15, -0.1) is 0 Å². The normalized spacial score (nSPS) is 14.6. The highest BCUT2D eigenvalue weighted by Crippen LogP contribution is 2.49. The van der Waals surface area contributed by atoms with E-state index in [9.17, 15) is 13.6 Å². The van der Waals surface area contributed by atoms with Crippen LogP contribution in [0, 0.1) is 6.92 Å². The Bertz CT molecular complexity index is 1120. The molecule has 154 valence electrons. The van der Waals surface area contributed by atoms with E-state index in [1.165, 1.54) is 0 Å². The Hall–Kier alpha value is -2.16. The van der Waals surface area contributed by atoms with Crippen molar-refractivity contribution in [1.29, 1.82) is 0 Å². The average Bonchev–Trinajstić information content (AvgIpc) is 2.71. The van der Waals surface area contributed by atoms with E-state index in [1.54, 1.807) is 40.9 Å². The zero-order valence-electron chi connectivity index (χ0n) is 15.9. The Labute approximate surface area is 186 Å². The first kappa shape index (κ1) is 21.1. The molecule has 30 heavy (non-hydrogen) atoms. The van der Waals surface area contributed by atoms with Gasteiger partial charge in [-0.1, -0.05) is 65.3 Å². The number of rotatable bonds is 5. The van der Waals surface area contributed by atoms with Gasteiger partial charge < -0.3 is 4.55 Å². The molecule has 1 aliphatic rings. The first-order chi connectivity index (χ1) is 14.4. The van der Waals surface area contributed by atoms with Crippen molar-refractivity contribution in [3.8, 4) is 0 Å². The number of halogens is 1. The van der Waals surface area contributed by atoms with Gasteiger partial charge in [-0.05, 0) is 42.8 Å². The third kappa shape index (κ3) is 4.45. The molecule has 1 aliphatic heterocycles. The molecule has 8 heteroatoms. The molecule has 0 aliphatic carbocycles. The number of para-hydroxylation sites is 1. The third-order valence-corrected chi connectivity index (χ3v) is 6.50. The minimum absolute atomic E-state index is 0.151. The predicted molar refractivity (Wildman–Crippen MR) is 118 cm³/mol. The number of hydrogen-bond acceptors (Lipinski definition) is 5. The van der Waals surface area contributed by atoms with Gasteiger partial charge >= 0.3 is 0 Å². The number of hydrogen-bond donors (Lipinski definition) is 0. The minimum atomic E-state index is -2.76. The van der Waals surface area contributed by atoms with Gasteiger partial charge in [0.05, 0.1) is 29.2 Å². The van der Waals surface area contributed by atoms with Crippen molar-refractivity contribution in [1.82, 2.24) is 0 Å². The van der Waals surface area contributed by atoms with Crippen LogP contribution in [0.15, 0.2) is 76.5 Å². The van der Waals surface area contributed by atoms with E-state index < -0.39 is 17.5 Å². The molecule has 4 rings (SSSR count). The Morgan fingerprint density at radius 2 is 1.80 bits per heavy atom. The first-order valence-corrected chi connectivity index (χ1v) is 11.3. The molecule has 0 aromatic heterocycles. The number of nitrogens with zero attached hydrogens (tertiary/aromatic N) is 1. The van der Waals surface area contributed by atoms with Crippen molar-refractivity contribution in [3.63, 3.8) is 0 Å². The lowest BCUT2D eigenvalue weighted by Gasteiger charge is -2.32. The fourth-order valence-corrected chi connectivity index (χ4v) is 4.90. The number of carbonyl (C=O) groups is 1. The maximum Gasteiger partial charge on any atom is 0.234 e. The first-order valence-electron chi connectivity index (χ1n) is 9.15. The minimum Gasteiger partial charge on any atom is -0.750 e. The predicted octanol–water partition coefficient (Wildman–Crippen LogP) is 5.72. The molecule has 3 aromatic carbocycles. The van der Waals surface area contributed by atoms with Crippen LogP contribution in [-0.2, 0) is 20.3 Å². The van der Waals surface area contributed by atoms with Gasteiger partial charge in [-0.2, -0.15) is 0 Å². The van der Waals surface area contributed by atoms with Gasteiger partial charge in [0.15, 0.2) is 0 Å². The third-order valence-electron chi connectivity index (χ3n) is 4.74. The zero-order chi connectivity index (χ0) is 21.3. The molecule has 1 heterocycles. The van der Waals surface area contributed by atoms with E-state index in [2.05, 4.69) is 0 Å². The van der Waals surface area contributed by atoms with Crippen LogP contribution in [0.25, 0.3) is 0 Å². The number of fused-ring (bicyclic) bond motifs is 2. The summed E-state index contributed by atoms with van der Waals surface area (Å²) >= 11 is 5.00. The van der Waals surface area contributed by atoms with Gasteiger partial charge in [0, 0.05) is 14.8 Å². The Kier molecular flexibility index (Phi) is 6.26. The number of amides is 1. The highest BCUT2D eigenvalue weighted by molar-refractivity contribution is 7.99. The Morgan fingerprint density at radius 1 is 1.10 bits per heavy atom. The second kappa shape index (κ2) is 8.91. The summed E-state index contributed by atoms with van der Waals surface area (Å²) in [4.78, 5) is 16.9. The van der Waals surface area contributed by atoms with Crippen LogP contribution in [0.2, 0.25) is 5.02 Å². The van der Waals surface area contributed by atoms with Crippen molar-refractivity contribution in [3.05, 3.63) is 82.9 Å². The molecule has 3 aromatic rings. The molecule has 0 radical (unpaired) electrons. The Balaban J connectivity index is 1.72. The SMILES string of the molecule is Cc1ccc(C(CC(=O)N2c3ccccc3Sc3ccc(Cl)cc32)OS(=O)[O-])cc1. The topological polar surface area (TPSA) is 69.7 Å². The summed E-state index contributed by atoms with van der Waals surface area (Å²) in [6.45, 7) is 1.93. The second-order valence-corrected chi connectivity index (χ2v) is 8.94. The van der Waals surface area contributed by atoms with Crippen molar-refractivity contribution < 1.29 is 17.7 Å². The molecular weight excluding hydrogens is 442 g/mol. The smallest absolute Gasteiger partial charge is 0.234 e. The lowest BCUT2D eigenvalue weighted by Crippen LogP contribution is -2.30. The number of benzene rings is 3. The summed E-state index contributed by atoms with van der Waals surface area (Å²) in [5.41, 5.74) is 3.04. The van der Waals surface area contributed by atoms with Crippen molar-refractivity contribution in [2.24, 2.45) is 0 Å². The zero-order valence-corrected chi connectivity index (χ0v) is 18.3. The number of aryl methyl sites for hydroxylation is 1. The molecule has 0 saturated carbocycles. The molecule has 0 saturated heterocycles. The highest BCUT2D eigenvalue weighted by Gasteiger charge is 2.30. The summed E-state index contributed by atoms with van der Waals surface area (Å²) in [6, 6.07) is 20.2. The molecule has 1 amide bonds. The van der Waals surface area contributed by atoms with Crippen molar-refractivity contribution >= 4 is 52.0 Å². The number of anilines is 2. The molecular formula is C22H17ClNO4S2-. The van der Waals surface area contributed by atoms with E-state index in [4.69, 9.17) is 15.8 Å². The molecule has 2 unspecified atom stereocenters. The van der Waals surface area contributed by atoms with Crippen LogP contribution < -0.4 is 4.90 Å². The standard InChI is InChI=1S/C22H18ClNO4S2/c1-14-6-8-15(9-7-14)19(28-30(26)27)13-22(25)24-17-4-2-3-5-20(17)29-21-11-10-16(23)12-18(21)24/h2-12,19H,13H2,1H3,(H,26,27)/p-1. The number of carbonyl (C=O) groups excluding carboxylic acids is 1. The van der Waals surface area contributed by atoms with Gasteiger partial charge in [-0.25, -0.2) is 4.21 Å². The van der Waals surface area contributed by atoms with E-state index in [-0.39, 0.29) is 12.3 Å². The van der Waals surface area contributed by atoms with E-state index in [0.717, 1.165) is 21.0 Å². The summed E-state index contributed by atoms with van der Waals surface area (Å²) < 4.78 is 27.6. The Morgan fingerprint density at radius 3 is 2.53 bits per heavy atom. The van der Waals surface area contributed by atoms with E-state index in [1.807, 2.05) is 49.4 Å². The summed E-state index contributed by atoms with van der Waals surface area (Å²) in [5, 5.41) is 0.513. The lowest BCUT2D eigenvalue weighted by molar-refractivity contribution is -0.119. The van der Waals surface area contributed by atoms with Gasteiger partial charge in [0.25, 0.3) is 0 Å². The van der Waals surface area contributed by atoms with Crippen LogP contribution in [0.4, 0.5) is 11.4 Å². The lowest BCUT2D eigenvalue weighted by atomic mass is 10.0. The van der Waals surface area contributed by atoms with Gasteiger partial charge in [0.2, 0.25) is 5.91 Å². The quantitative estimate of drug-likeness (QED) is 0.457. The molecule has 0 N–H and O–H groups in total. The van der Waals surface area contributed by atoms with E-state index in [0.29, 0.717) is 16.3 Å². The maximum absolute atomic E-state index is 13.5. The second-order valence-electron chi connectivity index (χ2n) is 6.81. The maximum atomic E-state index is 13.5. The molecule has 5 nitrogen and oxygen atoms in total. The van der Waals surface area contributed by atoms with Gasteiger partial charge in [0.1, 0.15) is 6.10 Å². The fourth-order valence-electron chi connectivity index (χ4n) is 3.33. The van der Waals surface area contributed by atoms with Crippen molar-refractivity contribution in [2.45, 2.75) is 29.2 Å². The largest absolute Gasteiger partial charge is 0.750 e. The molecule has 2 atom stereocenters. The summed E-state index contributed by atoms with van der Waals surface area (Å²) in [5.74, 6) is -0.290. The van der Waals surface area contributed by atoms with Crippen LogP contribution in [0.1, 0.15) is 23.7 Å². The average molecular weight is 459 g/mol. The van der Waals surface area contributed by atoms with Crippen LogP contribution in [-0.4, -0.2) is 14.7 Å². The van der Waals surface area contributed by atoms with Crippen LogP contribution in [0.3, 0.4) is 0 Å². The fraction of sp³-hybridized carbons (Fsp3) is 0.136. The van der Waals surface area contributed by atoms with Crippen LogP contribution in [0.5, 0.6) is 0 Å². The van der Waals surface area contributed by atoms with Gasteiger partial charge in [-0.3, -0.25) is 13.9 Å². The highest BCUT2D eigenvalue weighted by atomic mass is 35.5.